The summed E-state index contributed by atoms with van der Waals surface area (Å²) in [5.41, 5.74) is 0.748. The van der Waals surface area contributed by atoms with Crippen LogP contribution in [-0.2, 0) is 0 Å². The second-order valence-electron chi connectivity index (χ2n) is 4.70. The van der Waals surface area contributed by atoms with E-state index in [2.05, 4.69) is 13.8 Å². The van der Waals surface area contributed by atoms with Gasteiger partial charge in [-0.2, -0.15) is 0 Å². The van der Waals surface area contributed by atoms with Crippen LogP contribution < -0.4 is 4.74 Å². The van der Waals surface area contributed by atoms with E-state index in [-0.39, 0.29) is 11.5 Å². The monoisotopic (exact) mass is 264 g/mol. The van der Waals surface area contributed by atoms with Crippen LogP contribution in [0.4, 0.5) is 0 Å². The van der Waals surface area contributed by atoms with E-state index in [1.54, 1.807) is 0 Å². The lowest BCUT2D eigenvalue weighted by Crippen LogP contribution is -2.17. The highest BCUT2D eigenvalue weighted by Crippen LogP contribution is 2.22. The number of unbranched alkanes of at least 4 members (excludes halogenated alkanes) is 2. The van der Waals surface area contributed by atoms with Gasteiger partial charge in [-0.15, -0.1) is 0 Å². The smallest absolute Gasteiger partial charge is 0.132 e. The summed E-state index contributed by atoms with van der Waals surface area (Å²) in [6.07, 6.45) is 5.99. The quantitative estimate of drug-likeness (QED) is 0.533. The van der Waals surface area contributed by atoms with Gasteiger partial charge in [0, 0.05) is 0 Å². The number of hydrogen-bond acceptors (Lipinski definition) is 2. The van der Waals surface area contributed by atoms with Crippen molar-refractivity contribution in [2.45, 2.75) is 52.1 Å². The van der Waals surface area contributed by atoms with Gasteiger partial charge >= 0.3 is 0 Å². The van der Waals surface area contributed by atoms with E-state index >= 15 is 0 Å². The molecule has 100 valence electrons. The molecule has 0 aliphatic rings. The lowest BCUT2D eigenvalue weighted by Gasteiger charge is -2.19. The van der Waals surface area contributed by atoms with Crippen LogP contribution in [0.15, 0.2) is 24.3 Å². The molecule has 0 radical (unpaired) electrons. The molecule has 1 unspecified atom stereocenters. The Morgan fingerprint density at radius 3 is 2.61 bits per heavy atom. The van der Waals surface area contributed by atoms with Crippen molar-refractivity contribution in [2.75, 3.05) is 0 Å². The Bertz CT molecular complexity index is 377. The summed E-state index contributed by atoms with van der Waals surface area (Å²) in [6, 6.07) is 7.61. The molecule has 0 amide bonds. The second kappa shape index (κ2) is 8.09. The van der Waals surface area contributed by atoms with Crippen molar-refractivity contribution < 1.29 is 9.53 Å². The van der Waals surface area contributed by atoms with Crippen LogP contribution in [0.5, 0.6) is 5.75 Å². The van der Waals surface area contributed by atoms with Crippen LogP contribution in [-0.4, -0.2) is 21.8 Å². The molecule has 0 aliphatic carbocycles. The maximum Gasteiger partial charge on any atom is 0.132 e. The van der Waals surface area contributed by atoms with E-state index in [4.69, 9.17) is 4.74 Å². The van der Waals surface area contributed by atoms with Crippen molar-refractivity contribution in [3.63, 3.8) is 0 Å². The highest BCUT2D eigenvalue weighted by Gasteiger charge is 2.12. The zero-order chi connectivity index (χ0) is 13.4. The first kappa shape index (κ1) is 15.0. The maximum absolute atomic E-state index is 11.6. The highest BCUT2D eigenvalue weighted by atomic mass is 28.1. The molecule has 2 nitrogen and oxygen atoms in total. The van der Waals surface area contributed by atoms with Crippen molar-refractivity contribution in [2.24, 2.45) is 0 Å². The van der Waals surface area contributed by atoms with Crippen LogP contribution in [0, 0.1) is 0 Å². The fraction of sp³-hybridized carbons (Fsp3) is 0.533. The minimum atomic E-state index is 0.203. The minimum Gasteiger partial charge on any atom is -0.490 e. The Balaban J connectivity index is 2.66. The molecule has 0 saturated carbocycles. The first-order valence-electron chi connectivity index (χ1n) is 6.95. The maximum atomic E-state index is 11.6. The van der Waals surface area contributed by atoms with Crippen LogP contribution >= 0.6 is 0 Å². The van der Waals surface area contributed by atoms with Crippen LogP contribution in [0.1, 0.15) is 56.3 Å². The molecular weight excluding hydrogens is 240 g/mol. The van der Waals surface area contributed by atoms with Gasteiger partial charge in [-0.3, -0.25) is 0 Å². The molecule has 0 N–H and O–H groups in total. The summed E-state index contributed by atoms with van der Waals surface area (Å²) in [5.74, 6) is 0.765. The molecule has 0 fully saturated rings. The van der Waals surface area contributed by atoms with E-state index in [9.17, 15) is 4.79 Å². The van der Waals surface area contributed by atoms with Gasteiger partial charge < -0.3 is 9.53 Å². The molecule has 18 heavy (non-hydrogen) atoms. The Labute approximate surface area is 113 Å². The third-order valence-electron chi connectivity index (χ3n) is 3.14. The normalized spacial score (nSPS) is 12.3. The van der Waals surface area contributed by atoms with E-state index in [0.29, 0.717) is 10.2 Å². The summed E-state index contributed by atoms with van der Waals surface area (Å²) in [4.78, 5) is 11.6. The van der Waals surface area contributed by atoms with E-state index in [1.807, 2.05) is 24.3 Å². The molecule has 0 spiro atoms. The summed E-state index contributed by atoms with van der Waals surface area (Å²) in [7, 11) is 0.542. The average molecular weight is 264 g/mol. The molecule has 1 aromatic rings. The topological polar surface area (TPSA) is 26.3 Å². The van der Waals surface area contributed by atoms with Crippen molar-refractivity contribution in [3.05, 3.63) is 29.8 Å². The molecule has 0 bridgehead atoms. The van der Waals surface area contributed by atoms with Gasteiger partial charge in [0.1, 0.15) is 11.2 Å². The summed E-state index contributed by atoms with van der Waals surface area (Å²) >= 11 is 0. The van der Waals surface area contributed by atoms with Crippen molar-refractivity contribution in [1.82, 2.24) is 0 Å². The first-order chi connectivity index (χ1) is 8.69. The largest absolute Gasteiger partial charge is 0.490 e. The first-order valence-corrected chi connectivity index (χ1v) is 7.95. The predicted octanol–water partition coefficient (Wildman–Crippen LogP) is 2.93. The molecule has 0 heterocycles. The fourth-order valence-corrected chi connectivity index (χ4v) is 2.42. The van der Waals surface area contributed by atoms with Crippen molar-refractivity contribution in [1.29, 1.82) is 0 Å². The number of carbonyl (C=O) groups excluding carboxylic acids is 1. The van der Waals surface area contributed by atoms with Gasteiger partial charge in [0.05, 0.1) is 21.9 Å². The molecule has 0 saturated heterocycles. The average Bonchev–Trinajstić information content (AvgIpc) is 2.38. The number of rotatable bonds is 8. The summed E-state index contributed by atoms with van der Waals surface area (Å²) in [5, 5.41) is 0.203. The van der Waals surface area contributed by atoms with Gasteiger partial charge in [0.2, 0.25) is 0 Å². The lowest BCUT2D eigenvalue weighted by molar-refractivity contribution is 0.107. The molecular formula is C15H24O2Si. The van der Waals surface area contributed by atoms with Gasteiger partial charge in [-0.25, -0.2) is 0 Å². The minimum absolute atomic E-state index is 0.203. The number of ether oxygens (including phenoxy) is 1. The number of benzene rings is 1. The molecule has 0 aromatic heterocycles. The standard InChI is InChI=1S/C15H24O2Si/c1-3-5-6-9-12(4-2)17-14-11-8-7-10-13(14)15(16)18/h7-8,10-12H,3-6,9H2,1-2,18H3. The van der Waals surface area contributed by atoms with E-state index < -0.39 is 0 Å². The molecule has 0 aliphatic heterocycles. The second-order valence-corrected chi connectivity index (χ2v) is 5.60. The van der Waals surface area contributed by atoms with Crippen LogP contribution in [0.25, 0.3) is 0 Å². The fourth-order valence-electron chi connectivity index (χ4n) is 2.01. The molecule has 1 rings (SSSR count). The number of carbonyl (C=O) groups is 1. The summed E-state index contributed by atoms with van der Waals surface area (Å²) in [6.45, 7) is 4.35. The summed E-state index contributed by atoms with van der Waals surface area (Å²) < 4.78 is 6.00. The Morgan fingerprint density at radius 1 is 1.28 bits per heavy atom. The van der Waals surface area contributed by atoms with Crippen LogP contribution in [0.2, 0.25) is 0 Å². The number of hydrogen-bond donors (Lipinski definition) is 0. The molecule has 3 heteroatoms. The van der Waals surface area contributed by atoms with Crippen molar-refractivity contribution in [3.8, 4) is 5.75 Å². The Morgan fingerprint density at radius 2 is 2.00 bits per heavy atom. The van der Waals surface area contributed by atoms with E-state index in [1.165, 1.54) is 19.3 Å². The molecule has 1 atom stereocenters. The third kappa shape index (κ3) is 4.65. The SMILES string of the molecule is CCCCCC(CC)Oc1ccccc1C(=O)[SiH3]. The predicted molar refractivity (Wildman–Crippen MR) is 79.6 cm³/mol. The zero-order valence-electron chi connectivity index (χ0n) is 11.7. The molecule has 1 aromatic carbocycles. The van der Waals surface area contributed by atoms with Crippen molar-refractivity contribution >= 4 is 15.6 Å². The zero-order valence-corrected chi connectivity index (χ0v) is 13.7. The van der Waals surface area contributed by atoms with Gasteiger partial charge in [-0.1, -0.05) is 38.8 Å². The van der Waals surface area contributed by atoms with Gasteiger partial charge in [-0.05, 0) is 31.4 Å². The van der Waals surface area contributed by atoms with E-state index in [0.717, 1.165) is 24.2 Å². The Hall–Kier alpha value is -1.09. The van der Waals surface area contributed by atoms with Gasteiger partial charge in [0.15, 0.2) is 0 Å². The van der Waals surface area contributed by atoms with Gasteiger partial charge in [0.25, 0.3) is 0 Å². The Kier molecular flexibility index (Phi) is 6.72. The highest BCUT2D eigenvalue weighted by molar-refractivity contribution is 6.62. The van der Waals surface area contributed by atoms with Crippen LogP contribution in [0.3, 0.4) is 0 Å². The lowest BCUT2D eigenvalue weighted by atomic mass is 10.1. The third-order valence-corrected chi connectivity index (χ3v) is 3.68. The number of para-hydroxylation sites is 1.